The smallest absolute Gasteiger partial charge is 0.313 e. The van der Waals surface area contributed by atoms with E-state index in [1.807, 2.05) is 4.90 Å². The van der Waals surface area contributed by atoms with Crippen molar-refractivity contribution in [3.05, 3.63) is 27.4 Å². The summed E-state index contributed by atoms with van der Waals surface area (Å²) in [6, 6.07) is 1.83. The van der Waals surface area contributed by atoms with Crippen molar-refractivity contribution in [2.45, 2.75) is 12.5 Å². The molecule has 2 aliphatic heterocycles. The normalized spacial score (nSPS) is 23.5. The summed E-state index contributed by atoms with van der Waals surface area (Å²) in [5, 5.41) is 14.8. The third-order valence-electron chi connectivity index (χ3n) is 4.14. The van der Waals surface area contributed by atoms with Crippen molar-refractivity contribution in [3.8, 4) is 0 Å². The molecule has 114 valence electrons. The van der Waals surface area contributed by atoms with Gasteiger partial charge >= 0.3 is 5.69 Å². The zero-order valence-electron chi connectivity index (χ0n) is 11.7. The van der Waals surface area contributed by atoms with E-state index in [1.54, 1.807) is 0 Å². The molecule has 0 radical (unpaired) electrons. The highest BCUT2D eigenvalue weighted by atomic mass is 35.5. The minimum Gasteiger partial charge on any atom is -0.349 e. The van der Waals surface area contributed by atoms with E-state index in [-0.39, 0.29) is 5.69 Å². The Hall–Kier alpha value is -1.44. The number of halogens is 1. The Labute approximate surface area is 128 Å². The summed E-state index contributed by atoms with van der Waals surface area (Å²) < 4.78 is 0. The fourth-order valence-corrected chi connectivity index (χ4v) is 3.23. The third-order valence-corrected chi connectivity index (χ3v) is 4.35. The molecule has 1 N–H and O–H groups in total. The summed E-state index contributed by atoms with van der Waals surface area (Å²) in [6.45, 7) is 5.68. The van der Waals surface area contributed by atoms with Crippen LogP contribution in [-0.4, -0.2) is 60.1 Å². The molecule has 7 nitrogen and oxygen atoms in total. The van der Waals surface area contributed by atoms with Crippen LogP contribution in [0.1, 0.15) is 6.42 Å². The number of rotatable bonds is 3. The number of nitro groups is 1. The van der Waals surface area contributed by atoms with E-state index in [0.29, 0.717) is 16.9 Å². The average molecular weight is 312 g/mol. The minimum atomic E-state index is -0.410. The highest BCUT2D eigenvalue weighted by Crippen LogP contribution is 2.31. The fraction of sp³-hybridized carbons (Fsp3) is 0.615. The predicted molar refractivity (Wildman–Crippen MR) is 81.0 cm³/mol. The van der Waals surface area contributed by atoms with Gasteiger partial charge in [0.05, 0.1) is 9.95 Å². The molecule has 1 atom stereocenters. The van der Waals surface area contributed by atoms with Crippen molar-refractivity contribution >= 4 is 23.1 Å². The van der Waals surface area contributed by atoms with Gasteiger partial charge in [0.15, 0.2) is 0 Å². The second-order valence-electron chi connectivity index (χ2n) is 5.43. The molecule has 2 aliphatic rings. The molecule has 2 saturated heterocycles. The standard InChI is InChI=1S/C13H18ClN5O2/c14-10-7-12(19(20)21)13(16-8-10)18-4-1-11(9-18)17-5-2-15-3-6-17/h7-8,11,15H,1-6,9H2. The van der Waals surface area contributed by atoms with E-state index < -0.39 is 4.92 Å². The van der Waals surface area contributed by atoms with Crippen LogP contribution in [0.5, 0.6) is 0 Å². The quantitative estimate of drug-likeness (QED) is 0.666. The number of hydrogen-bond donors (Lipinski definition) is 1. The van der Waals surface area contributed by atoms with Gasteiger partial charge in [-0.15, -0.1) is 0 Å². The minimum absolute atomic E-state index is 0.0107. The van der Waals surface area contributed by atoms with Crippen LogP contribution in [0.3, 0.4) is 0 Å². The van der Waals surface area contributed by atoms with Gasteiger partial charge < -0.3 is 10.2 Å². The first-order valence-corrected chi connectivity index (χ1v) is 7.52. The maximum Gasteiger partial charge on any atom is 0.313 e. The molecular formula is C13H18ClN5O2. The first kappa shape index (κ1) is 14.5. The van der Waals surface area contributed by atoms with Crippen LogP contribution in [0.25, 0.3) is 0 Å². The van der Waals surface area contributed by atoms with Crippen molar-refractivity contribution in [3.63, 3.8) is 0 Å². The SMILES string of the molecule is O=[N+]([O-])c1cc(Cl)cnc1N1CCC(N2CCNCC2)C1. The lowest BCUT2D eigenvalue weighted by Gasteiger charge is -2.32. The van der Waals surface area contributed by atoms with E-state index in [9.17, 15) is 10.1 Å². The molecule has 3 rings (SSSR count). The van der Waals surface area contributed by atoms with Crippen molar-refractivity contribution < 1.29 is 4.92 Å². The topological polar surface area (TPSA) is 74.5 Å². The molecule has 0 aromatic carbocycles. The zero-order valence-corrected chi connectivity index (χ0v) is 12.4. The number of nitrogens with zero attached hydrogens (tertiary/aromatic N) is 4. The Morgan fingerprint density at radius 2 is 2.14 bits per heavy atom. The lowest BCUT2D eigenvalue weighted by atomic mass is 10.2. The Morgan fingerprint density at radius 3 is 2.86 bits per heavy atom. The first-order valence-electron chi connectivity index (χ1n) is 7.15. The molecular weight excluding hydrogens is 294 g/mol. The lowest BCUT2D eigenvalue weighted by Crippen LogP contribution is -2.49. The van der Waals surface area contributed by atoms with Gasteiger partial charge in [0.2, 0.25) is 5.82 Å². The molecule has 21 heavy (non-hydrogen) atoms. The summed E-state index contributed by atoms with van der Waals surface area (Å²) in [6.07, 6.45) is 2.49. The number of hydrogen-bond acceptors (Lipinski definition) is 6. The zero-order chi connectivity index (χ0) is 14.8. The predicted octanol–water partition coefficient (Wildman–Crippen LogP) is 1.13. The van der Waals surface area contributed by atoms with E-state index in [2.05, 4.69) is 15.2 Å². The van der Waals surface area contributed by atoms with Crippen LogP contribution in [0, 0.1) is 10.1 Å². The Morgan fingerprint density at radius 1 is 1.38 bits per heavy atom. The summed E-state index contributed by atoms with van der Waals surface area (Å²) in [5.74, 6) is 0.432. The van der Waals surface area contributed by atoms with Crippen molar-refractivity contribution in [1.82, 2.24) is 15.2 Å². The van der Waals surface area contributed by atoms with Gasteiger partial charge in [-0.2, -0.15) is 0 Å². The van der Waals surface area contributed by atoms with Crippen LogP contribution < -0.4 is 10.2 Å². The van der Waals surface area contributed by atoms with Gasteiger partial charge in [-0.3, -0.25) is 15.0 Å². The molecule has 0 amide bonds. The molecule has 0 spiro atoms. The number of piperazine rings is 1. The Balaban J connectivity index is 1.75. The highest BCUT2D eigenvalue weighted by Gasteiger charge is 2.32. The number of aromatic nitrogens is 1. The molecule has 1 unspecified atom stereocenters. The highest BCUT2D eigenvalue weighted by molar-refractivity contribution is 6.30. The van der Waals surface area contributed by atoms with Crippen LogP contribution in [-0.2, 0) is 0 Å². The largest absolute Gasteiger partial charge is 0.349 e. The van der Waals surface area contributed by atoms with Crippen molar-refractivity contribution in [1.29, 1.82) is 0 Å². The maximum atomic E-state index is 11.2. The van der Waals surface area contributed by atoms with Gasteiger partial charge in [0, 0.05) is 57.6 Å². The van der Waals surface area contributed by atoms with Crippen molar-refractivity contribution in [2.75, 3.05) is 44.2 Å². The average Bonchev–Trinajstić information content (AvgIpc) is 2.97. The molecule has 3 heterocycles. The van der Waals surface area contributed by atoms with E-state index in [1.165, 1.54) is 12.3 Å². The number of nitrogens with one attached hydrogen (secondary N) is 1. The molecule has 0 bridgehead atoms. The third kappa shape index (κ3) is 3.09. The second kappa shape index (κ2) is 6.13. The van der Waals surface area contributed by atoms with Crippen LogP contribution in [0.15, 0.2) is 12.3 Å². The summed E-state index contributed by atoms with van der Waals surface area (Å²) in [5.41, 5.74) is -0.0107. The van der Waals surface area contributed by atoms with Gasteiger partial charge in [0.1, 0.15) is 0 Å². The first-order chi connectivity index (χ1) is 10.1. The van der Waals surface area contributed by atoms with Crippen molar-refractivity contribution in [2.24, 2.45) is 0 Å². The van der Waals surface area contributed by atoms with Gasteiger partial charge in [-0.25, -0.2) is 4.98 Å². The lowest BCUT2D eigenvalue weighted by molar-refractivity contribution is -0.384. The van der Waals surface area contributed by atoms with Gasteiger partial charge in [-0.1, -0.05) is 11.6 Å². The van der Waals surface area contributed by atoms with E-state index in [0.717, 1.165) is 45.7 Å². The summed E-state index contributed by atoms with van der Waals surface area (Å²) in [7, 11) is 0. The molecule has 0 saturated carbocycles. The number of pyridine rings is 1. The second-order valence-corrected chi connectivity index (χ2v) is 5.86. The molecule has 1 aromatic rings. The van der Waals surface area contributed by atoms with E-state index >= 15 is 0 Å². The molecule has 8 heteroatoms. The summed E-state index contributed by atoms with van der Waals surface area (Å²) >= 11 is 5.82. The van der Waals surface area contributed by atoms with Crippen LogP contribution in [0.4, 0.5) is 11.5 Å². The summed E-state index contributed by atoms with van der Waals surface area (Å²) in [4.78, 5) is 19.4. The van der Waals surface area contributed by atoms with Crippen LogP contribution >= 0.6 is 11.6 Å². The Bertz CT molecular complexity index is 535. The fourth-order valence-electron chi connectivity index (χ4n) is 3.08. The van der Waals surface area contributed by atoms with Gasteiger partial charge in [-0.05, 0) is 6.42 Å². The molecule has 1 aromatic heterocycles. The molecule has 0 aliphatic carbocycles. The maximum absolute atomic E-state index is 11.2. The van der Waals surface area contributed by atoms with Gasteiger partial charge in [0.25, 0.3) is 0 Å². The molecule has 2 fully saturated rings. The monoisotopic (exact) mass is 311 g/mol. The van der Waals surface area contributed by atoms with E-state index in [4.69, 9.17) is 11.6 Å². The Kier molecular flexibility index (Phi) is 4.23. The van der Waals surface area contributed by atoms with Crippen LogP contribution in [0.2, 0.25) is 5.02 Å². The number of anilines is 1.